The molecule has 25 heavy (non-hydrogen) atoms. The molecule has 0 radical (unpaired) electrons. The Morgan fingerprint density at radius 1 is 1.32 bits per heavy atom. The third kappa shape index (κ3) is 4.64. The Kier molecular flexibility index (Phi) is 5.91. The number of H-pyrrole nitrogens is 1. The first-order valence-electron chi connectivity index (χ1n) is 8.20. The van der Waals surface area contributed by atoms with Crippen molar-refractivity contribution in [3.8, 4) is 0 Å². The number of aromatic nitrogens is 3. The summed E-state index contributed by atoms with van der Waals surface area (Å²) in [5, 5.41) is 14.9. The molecule has 0 bridgehead atoms. The summed E-state index contributed by atoms with van der Waals surface area (Å²) < 4.78 is 6.72. The Labute approximate surface area is 145 Å². The van der Waals surface area contributed by atoms with Crippen molar-refractivity contribution in [1.29, 1.82) is 0 Å². The lowest BCUT2D eigenvalue weighted by atomic mass is 9.93. The fraction of sp³-hybridized carbons (Fsp3) is 0.625. The van der Waals surface area contributed by atoms with E-state index in [1.165, 1.54) is 4.68 Å². The van der Waals surface area contributed by atoms with Crippen molar-refractivity contribution >= 4 is 11.5 Å². The summed E-state index contributed by atoms with van der Waals surface area (Å²) in [5.41, 5.74) is 0.174. The first-order valence-corrected chi connectivity index (χ1v) is 8.20. The van der Waals surface area contributed by atoms with Gasteiger partial charge < -0.3 is 4.52 Å². The van der Waals surface area contributed by atoms with Gasteiger partial charge in [-0.1, -0.05) is 25.9 Å². The van der Waals surface area contributed by atoms with Gasteiger partial charge >= 0.3 is 0 Å². The van der Waals surface area contributed by atoms with Crippen molar-refractivity contribution in [1.82, 2.24) is 14.9 Å². The molecule has 0 aliphatic rings. The number of hydrogen-bond acceptors (Lipinski definition) is 7. The van der Waals surface area contributed by atoms with Gasteiger partial charge in [-0.15, -0.1) is 10.2 Å². The fourth-order valence-electron chi connectivity index (χ4n) is 2.01. The molecule has 9 heteroatoms. The van der Waals surface area contributed by atoms with E-state index >= 15 is 0 Å². The van der Waals surface area contributed by atoms with Gasteiger partial charge in [0.25, 0.3) is 5.56 Å². The van der Waals surface area contributed by atoms with Gasteiger partial charge in [0.2, 0.25) is 5.82 Å². The number of nitrogens with zero attached hydrogens (tertiary/aromatic N) is 4. The normalized spacial score (nSPS) is 12.6. The Hall–Kier alpha value is -2.26. The van der Waals surface area contributed by atoms with E-state index in [9.17, 15) is 4.79 Å². The largest absolute Gasteiger partial charge is 0.359 e. The van der Waals surface area contributed by atoms with Crippen molar-refractivity contribution in [2.75, 3.05) is 6.61 Å². The summed E-state index contributed by atoms with van der Waals surface area (Å²) in [6.45, 7) is 12.1. The monoisotopic (exact) mass is 351 g/mol. The molecule has 2 heterocycles. The van der Waals surface area contributed by atoms with E-state index in [-0.39, 0.29) is 29.3 Å². The van der Waals surface area contributed by atoms with Crippen molar-refractivity contribution in [3.05, 3.63) is 27.9 Å². The van der Waals surface area contributed by atoms with Gasteiger partial charge in [-0.05, 0) is 20.8 Å². The number of rotatable bonds is 7. The third-order valence-electron chi connectivity index (χ3n) is 3.37. The molecule has 0 amide bonds. The zero-order valence-electron chi connectivity index (χ0n) is 15.5. The minimum absolute atomic E-state index is 0.0539. The first-order chi connectivity index (χ1) is 11.7. The molecule has 0 aliphatic carbocycles. The highest BCUT2D eigenvalue weighted by Gasteiger charge is 2.20. The van der Waals surface area contributed by atoms with Crippen LogP contribution in [0.5, 0.6) is 0 Å². The molecule has 0 spiro atoms. The fourth-order valence-corrected chi connectivity index (χ4v) is 2.01. The molecular formula is C16H25N5O4. The predicted molar refractivity (Wildman–Crippen MR) is 91.2 cm³/mol. The van der Waals surface area contributed by atoms with Crippen LogP contribution in [0.1, 0.15) is 59.0 Å². The van der Waals surface area contributed by atoms with Gasteiger partial charge in [-0.3, -0.25) is 9.89 Å². The molecule has 2 rings (SSSR count). The minimum Gasteiger partial charge on any atom is -0.359 e. The van der Waals surface area contributed by atoms with Crippen LogP contribution in [0.2, 0.25) is 0 Å². The van der Waals surface area contributed by atoms with Crippen LogP contribution in [-0.4, -0.2) is 21.5 Å². The number of aromatic amines is 1. The molecule has 1 N–H and O–H groups in total. The highest BCUT2D eigenvalue weighted by atomic mass is 17.2. The molecule has 2 aromatic rings. The van der Waals surface area contributed by atoms with Crippen molar-refractivity contribution in [2.24, 2.45) is 10.2 Å². The van der Waals surface area contributed by atoms with E-state index in [1.54, 1.807) is 13.0 Å². The van der Waals surface area contributed by atoms with Crippen LogP contribution in [-0.2, 0) is 21.8 Å². The second-order valence-corrected chi connectivity index (χ2v) is 6.88. The van der Waals surface area contributed by atoms with Crippen LogP contribution < -0.4 is 5.56 Å². The van der Waals surface area contributed by atoms with Crippen LogP contribution in [0.3, 0.4) is 0 Å². The summed E-state index contributed by atoms with van der Waals surface area (Å²) >= 11 is 0. The van der Waals surface area contributed by atoms with Crippen molar-refractivity contribution in [3.63, 3.8) is 0 Å². The number of nitrogens with one attached hydrogen (secondary N) is 1. The molecule has 0 aliphatic heterocycles. The molecule has 9 nitrogen and oxygen atoms in total. The summed E-state index contributed by atoms with van der Waals surface area (Å²) in [7, 11) is 0. The first kappa shape index (κ1) is 19.1. The van der Waals surface area contributed by atoms with Gasteiger partial charge in [0.15, 0.2) is 5.69 Å². The maximum atomic E-state index is 12.5. The Bertz CT molecular complexity index is 779. The standard InChI is InChI=1S/C16H25N5O4/c1-7-23-24-9-11-14(15(22)21(19-11)10(2)3)18-17-13-8-12(25-20-13)16(4,5)6/h8,10,19H,7,9H2,1-6H3. The summed E-state index contributed by atoms with van der Waals surface area (Å²) in [4.78, 5) is 22.4. The predicted octanol–water partition coefficient (Wildman–Crippen LogP) is 3.93. The molecular weight excluding hydrogens is 326 g/mol. The molecule has 138 valence electrons. The van der Waals surface area contributed by atoms with Crippen molar-refractivity contribution in [2.45, 2.75) is 59.6 Å². The van der Waals surface area contributed by atoms with Gasteiger partial charge in [-0.25, -0.2) is 14.5 Å². The minimum atomic E-state index is -0.284. The summed E-state index contributed by atoms with van der Waals surface area (Å²) in [6.07, 6.45) is 0. The summed E-state index contributed by atoms with van der Waals surface area (Å²) in [5.74, 6) is 0.994. The topological polar surface area (TPSA) is 107 Å². The molecule has 0 atom stereocenters. The van der Waals surface area contributed by atoms with E-state index in [4.69, 9.17) is 14.3 Å². The van der Waals surface area contributed by atoms with Gasteiger partial charge in [0, 0.05) is 17.5 Å². The SMILES string of the molecule is CCOOCc1[nH]n(C(C)C)c(=O)c1N=Nc1cc(C(C)(C)C)on1. The van der Waals surface area contributed by atoms with Gasteiger partial charge in [0.05, 0.1) is 12.3 Å². The lowest BCUT2D eigenvalue weighted by Crippen LogP contribution is -2.18. The molecule has 2 aromatic heterocycles. The average molecular weight is 351 g/mol. The van der Waals surface area contributed by atoms with Crippen LogP contribution in [0, 0.1) is 0 Å². The Balaban J connectivity index is 2.30. The lowest BCUT2D eigenvalue weighted by Gasteiger charge is -2.11. The second-order valence-electron chi connectivity index (χ2n) is 6.88. The molecule has 0 fully saturated rings. The summed E-state index contributed by atoms with van der Waals surface area (Å²) in [6, 6.07) is 1.65. The van der Waals surface area contributed by atoms with Crippen LogP contribution in [0.15, 0.2) is 25.6 Å². The maximum Gasteiger partial charge on any atom is 0.294 e. The van der Waals surface area contributed by atoms with Crippen LogP contribution in [0.4, 0.5) is 11.5 Å². The second kappa shape index (κ2) is 7.75. The van der Waals surface area contributed by atoms with E-state index < -0.39 is 0 Å². The maximum absolute atomic E-state index is 12.5. The van der Waals surface area contributed by atoms with Crippen LogP contribution in [0.25, 0.3) is 0 Å². The van der Waals surface area contributed by atoms with E-state index in [2.05, 4.69) is 20.5 Å². The quantitative estimate of drug-likeness (QED) is 0.352. The van der Waals surface area contributed by atoms with Gasteiger partial charge in [-0.2, -0.15) is 0 Å². The zero-order valence-corrected chi connectivity index (χ0v) is 15.5. The number of azo groups is 1. The van der Waals surface area contributed by atoms with E-state index in [0.29, 0.717) is 23.9 Å². The molecule has 0 saturated heterocycles. The third-order valence-corrected chi connectivity index (χ3v) is 3.37. The van der Waals surface area contributed by atoms with Crippen LogP contribution >= 0.6 is 0 Å². The molecule has 0 aromatic carbocycles. The zero-order chi connectivity index (χ0) is 18.6. The van der Waals surface area contributed by atoms with E-state index in [0.717, 1.165) is 0 Å². The van der Waals surface area contributed by atoms with E-state index in [1.807, 2.05) is 34.6 Å². The highest BCUT2D eigenvalue weighted by molar-refractivity contribution is 5.40. The Morgan fingerprint density at radius 2 is 2.04 bits per heavy atom. The molecule has 0 unspecified atom stereocenters. The smallest absolute Gasteiger partial charge is 0.294 e. The van der Waals surface area contributed by atoms with Crippen molar-refractivity contribution < 1.29 is 14.3 Å². The highest BCUT2D eigenvalue weighted by Crippen LogP contribution is 2.26. The number of hydrogen-bond donors (Lipinski definition) is 1. The Morgan fingerprint density at radius 3 is 2.60 bits per heavy atom. The lowest BCUT2D eigenvalue weighted by molar-refractivity contribution is -0.301. The average Bonchev–Trinajstić information content (AvgIpc) is 3.11. The molecule has 0 saturated carbocycles. The van der Waals surface area contributed by atoms with Gasteiger partial charge in [0.1, 0.15) is 12.4 Å².